The van der Waals surface area contributed by atoms with Crippen LogP contribution in [0, 0.1) is 13.8 Å². The van der Waals surface area contributed by atoms with Gasteiger partial charge >= 0.3 is 0 Å². The van der Waals surface area contributed by atoms with E-state index in [1.807, 2.05) is 43.8 Å². The molecule has 2 heterocycles. The van der Waals surface area contributed by atoms with Crippen LogP contribution in [0.15, 0.2) is 18.2 Å². The zero-order valence-corrected chi connectivity index (χ0v) is 11.9. The van der Waals surface area contributed by atoms with Gasteiger partial charge < -0.3 is 14.8 Å². The van der Waals surface area contributed by atoms with Gasteiger partial charge in [0.15, 0.2) is 11.5 Å². The predicted octanol–water partition coefficient (Wildman–Crippen LogP) is 1.58. The molecule has 0 saturated carbocycles. The molecule has 0 aliphatic carbocycles. The summed E-state index contributed by atoms with van der Waals surface area (Å²) in [4.78, 5) is 4.33. The molecule has 1 aliphatic heterocycles. The van der Waals surface area contributed by atoms with E-state index >= 15 is 0 Å². The van der Waals surface area contributed by atoms with Crippen LogP contribution >= 0.6 is 0 Å². The van der Waals surface area contributed by atoms with Crippen molar-refractivity contribution in [3.63, 3.8) is 0 Å². The maximum atomic E-state index is 5.43. The Kier molecular flexibility index (Phi) is 3.31. The molecule has 6 heteroatoms. The Labute approximate surface area is 117 Å². The normalized spacial score (nSPS) is 14.6. The Balaban J connectivity index is 1.84. The van der Waals surface area contributed by atoms with Crippen LogP contribution in [0.3, 0.4) is 0 Å². The second kappa shape index (κ2) is 5.13. The van der Waals surface area contributed by atoms with Crippen LogP contribution in [0.2, 0.25) is 0 Å². The number of nitrogens with zero attached hydrogens (tertiary/aromatic N) is 3. The lowest BCUT2D eigenvalue weighted by molar-refractivity contribution is 0.174. The average molecular weight is 274 g/mol. The summed E-state index contributed by atoms with van der Waals surface area (Å²) in [6.45, 7) is 4.89. The first-order chi connectivity index (χ1) is 9.67. The fourth-order valence-electron chi connectivity index (χ4n) is 2.40. The summed E-state index contributed by atoms with van der Waals surface area (Å²) in [5.41, 5.74) is 1.14. The Bertz CT molecular complexity index is 624. The van der Waals surface area contributed by atoms with Gasteiger partial charge in [-0.05, 0) is 38.6 Å². The van der Waals surface area contributed by atoms with Crippen LogP contribution in [0.5, 0.6) is 11.5 Å². The number of nitrogens with one attached hydrogen (secondary N) is 1. The molecule has 0 spiro atoms. The molecule has 2 aromatic rings. The smallest absolute Gasteiger partial charge is 0.231 e. The van der Waals surface area contributed by atoms with Crippen molar-refractivity contribution >= 4 is 0 Å². The molecule has 0 amide bonds. The number of benzene rings is 1. The van der Waals surface area contributed by atoms with Gasteiger partial charge in [-0.15, -0.1) is 0 Å². The van der Waals surface area contributed by atoms with Gasteiger partial charge in [0, 0.05) is 0 Å². The molecule has 0 fully saturated rings. The Morgan fingerprint density at radius 1 is 1.30 bits per heavy atom. The third-order valence-corrected chi connectivity index (χ3v) is 3.47. The lowest BCUT2D eigenvalue weighted by atomic mass is 10.1. The number of hydrogen-bond donors (Lipinski definition) is 1. The minimum atomic E-state index is 0.143. The molecule has 20 heavy (non-hydrogen) atoms. The first-order valence-corrected chi connectivity index (χ1v) is 6.62. The van der Waals surface area contributed by atoms with E-state index in [9.17, 15) is 0 Å². The van der Waals surface area contributed by atoms with E-state index in [0.717, 1.165) is 35.3 Å². The van der Waals surface area contributed by atoms with Crippen molar-refractivity contribution in [1.29, 1.82) is 0 Å². The lowest BCUT2D eigenvalue weighted by Gasteiger charge is -2.17. The van der Waals surface area contributed by atoms with Crippen LogP contribution in [-0.2, 0) is 6.54 Å². The van der Waals surface area contributed by atoms with E-state index < -0.39 is 0 Å². The molecule has 0 radical (unpaired) electrons. The van der Waals surface area contributed by atoms with E-state index in [1.165, 1.54) is 0 Å². The highest BCUT2D eigenvalue weighted by Crippen LogP contribution is 2.34. The van der Waals surface area contributed by atoms with Gasteiger partial charge in [-0.2, -0.15) is 5.10 Å². The fourth-order valence-corrected chi connectivity index (χ4v) is 2.40. The summed E-state index contributed by atoms with van der Waals surface area (Å²) in [7, 11) is 1.94. The van der Waals surface area contributed by atoms with Crippen molar-refractivity contribution in [3.8, 4) is 11.5 Å². The van der Waals surface area contributed by atoms with Gasteiger partial charge in [0.05, 0.1) is 12.6 Å². The summed E-state index contributed by atoms with van der Waals surface area (Å²) in [6, 6.07) is 6.15. The summed E-state index contributed by atoms with van der Waals surface area (Å²) in [5.74, 6) is 3.32. The van der Waals surface area contributed by atoms with Crippen LogP contribution in [0.4, 0.5) is 0 Å². The van der Waals surface area contributed by atoms with Crippen molar-refractivity contribution in [2.45, 2.75) is 26.4 Å². The highest BCUT2D eigenvalue weighted by atomic mass is 16.7. The van der Waals surface area contributed by atoms with E-state index in [0.29, 0.717) is 6.79 Å². The molecule has 1 unspecified atom stereocenters. The number of fused-ring (bicyclic) bond motifs is 1. The van der Waals surface area contributed by atoms with Crippen LogP contribution in [0.1, 0.15) is 23.3 Å². The van der Waals surface area contributed by atoms with Crippen LogP contribution < -0.4 is 14.8 Å². The zero-order chi connectivity index (χ0) is 14.1. The van der Waals surface area contributed by atoms with Gasteiger partial charge in [-0.25, -0.2) is 9.67 Å². The first kappa shape index (κ1) is 12.9. The molecular weight excluding hydrogens is 256 g/mol. The van der Waals surface area contributed by atoms with Gasteiger partial charge in [0.1, 0.15) is 11.6 Å². The lowest BCUT2D eigenvalue weighted by Crippen LogP contribution is -2.23. The topological polar surface area (TPSA) is 61.2 Å². The van der Waals surface area contributed by atoms with Crippen molar-refractivity contribution in [2.75, 3.05) is 13.8 Å². The molecule has 1 aliphatic rings. The predicted molar refractivity (Wildman–Crippen MR) is 73.9 cm³/mol. The van der Waals surface area contributed by atoms with Gasteiger partial charge in [0.25, 0.3) is 0 Å². The quantitative estimate of drug-likeness (QED) is 0.917. The SMILES string of the molecule is CNC(Cn1nc(C)nc1C)c1ccc2c(c1)OCO2. The molecule has 6 nitrogen and oxygen atoms in total. The summed E-state index contributed by atoms with van der Waals surface area (Å²) < 4.78 is 12.7. The van der Waals surface area contributed by atoms with Crippen molar-refractivity contribution < 1.29 is 9.47 Å². The third kappa shape index (κ3) is 2.34. The van der Waals surface area contributed by atoms with Gasteiger partial charge in [0.2, 0.25) is 6.79 Å². The molecule has 1 N–H and O–H groups in total. The summed E-state index contributed by atoms with van der Waals surface area (Å²) in [6.07, 6.45) is 0. The second-order valence-corrected chi connectivity index (χ2v) is 4.84. The molecule has 1 aromatic carbocycles. The molecule has 106 valence electrons. The van der Waals surface area contributed by atoms with Crippen molar-refractivity contribution in [3.05, 3.63) is 35.4 Å². The molecule has 1 aromatic heterocycles. The number of hydrogen-bond acceptors (Lipinski definition) is 5. The van der Waals surface area contributed by atoms with E-state index in [1.54, 1.807) is 0 Å². The van der Waals surface area contributed by atoms with E-state index in [-0.39, 0.29) is 6.04 Å². The number of aryl methyl sites for hydroxylation is 2. The number of aromatic nitrogens is 3. The van der Waals surface area contributed by atoms with Crippen LogP contribution in [-0.4, -0.2) is 28.6 Å². The maximum absolute atomic E-state index is 5.43. The number of rotatable bonds is 4. The minimum absolute atomic E-state index is 0.143. The van der Waals surface area contributed by atoms with Gasteiger partial charge in [-0.3, -0.25) is 0 Å². The van der Waals surface area contributed by atoms with Crippen molar-refractivity contribution in [2.24, 2.45) is 0 Å². The highest BCUT2D eigenvalue weighted by Gasteiger charge is 2.18. The minimum Gasteiger partial charge on any atom is -0.454 e. The van der Waals surface area contributed by atoms with Gasteiger partial charge in [-0.1, -0.05) is 6.07 Å². The molecule has 3 rings (SSSR count). The molecule has 0 bridgehead atoms. The highest BCUT2D eigenvalue weighted by molar-refractivity contribution is 5.45. The molecular formula is C14H18N4O2. The Morgan fingerprint density at radius 3 is 2.80 bits per heavy atom. The number of ether oxygens (including phenoxy) is 2. The second-order valence-electron chi connectivity index (χ2n) is 4.84. The summed E-state index contributed by atoms with van der Waals surface area (Å²) in [5, 5.41) is 7.72. The maximum Gasteiger partial charge on any atom is 0.231 e. The largest absolute Gasteiger partial charge is 0.454 e. The van der Waals surface area contributed by atoms with Crippen molar-refractivity contribution in [1.82, 2.24) is 20.1 Å². The third-order valence-electron chi connectivity index (χ3n) is 3.47. The first-order valence-electron chi connectivity index (χ1n) is 6.62. The average Bonchev–Trinajstić information content (AvgIpc) is 3.01. The fraction of sp³-hybridized carbons (Fsp3) is 0.429. The van der Waals surface area contributed by atoms with E-state index in [2.05, 4.69) is 15.4 Å². The zero-order valence-electron chi connectivity index (χ0n) is 11.9. The van der Waals surface area contributed by atoms with E-state index in [4.69, 9.17) is 9.47 Å². The Hall–Kier alpha value is -2.08. The van der Waals surface area contributed by atoms with Crippen LogP contribution in [0.25, 0.3) is 0 Å². The summed E-state index contributed by atoms with van der Waals surface area (Å²) >= 11 is 0. The Morgan fingerprint density at radius 2 is 2.10 bits per heavy atom. The monoisotopic (exact) mass is 274 g/mol. The molecule has 0 saturated heterocycles. The standard InChI is InChI=1S/C14H18N4O2/c1-9-16-10(2)18(17-9)7-12(15-3)11-4-5-13-14(6-11)20-8-19-13/h4-6,12,15H,7-8H2,1-3H3. The molecule has 1 atom stereocenters. The number of likely N-dealkylation sites (N-methyl/N-ethyl adjacent to an activating group) is 1.